The van der Waals surface area contributed by atoms with Crippen LogP contribution in [0.1, 0.15) is 40.0 Å². The van der Waals surface area contributed by atoms with Gasteiger partial charge in [-0.3, -0.25) is 14.5 Å². The standard InChI is InChI=1S/C17H16N2O6/c20-13-8-9-14(21)19(13)25-15(22)7-3-4-10-18-16(23)11-5-1-2-6-12(11)17(18)24/h1-2,5-6,8-9,20-21H,3-4,7,10H2. The molecular formula is C17H16N2O6. The van der Waals surface area contributed by atoms with E-state index in [0.717, 1.165) is 0 Å². The van der Waals surface area contributed by atoms with E-state index in [1.54, 1.807) is 24.3 Å². The summed E-state index contributed by atoms with van der Waals surface area (Å²) in [5, 5.41) is 18.8. The topological polar surface area (TPSA) is 109 Å². The average Bonchev–Trinajstić information content (AvgIpc) is 3.04. The predicted molar refractivity (Wildman–Crippen MR) is 85.0 cm³/mol. The van der Waals surface area contributed by atoms with E-state index in [9.17, 15) is 24.6 Å². The van der Waals surface area contributed by atoms with E-state index in [-0.39, 0.29) is 24.8 Å². The third-order valence-corrected chi connectivity index (χ3v) is 3.88. The van der Waals surface area contributed by atoms with Gasteiger partial charge < -0.3 is 15.1 Å². The van der Waals surface area contributed by atoms with Gasteiger partial charge in [-0.25, -0.2) is 4.79 Å². The molecule has 1 aliphatic heterocycles. The number of nitrogens with zero attached hydrogens (tertiary/aromatic N) is 2. The fraction of sp³-hybridized carbons (Fsp3) is 0.235. The van der Waals surface area contributed by atoms with Crippen LogP contribution in [-0.2, 0) is 4.79 Å². The second kappa shape index (κ2) is 6.68. The van der Waals surface area contributed by atoms with E-state index in [2.05, 4.69) is 0 Å². The summed E-state index contributed by atoms with van der Waals surface area (Å²) in [7, 11) is 0. The first kappa shape index (κ1) is 16.6. The van der Waals surface area contributed by atoms with Gasteiger partial charge in [-0.15, -0.1) is 4.73 Å². The van der Waals surface area contributed by atoms with Gasteiger partial charge in [0.15, 0.2) is 0 Å². The number of fused-ring (bicyclic) bond motifs is 1. The van der Waals surface area contributed by atoms with Gasteiger partial charge >= 0.3 is 5.97 Å². The number of hydrogen-bond donors (Lipinski definition) is 2. The van der Waals surface area contributed by atoms with E-state index < -0.39 is 17.7 Å². The molecule has 2 N–H and O–H groups in total. The molecule has 2 heterocycles. The SMILES string of the molecule is O=C(CCCCN1C(=O)c2ccccc2C1=O)On1c(O)ccc1O. The van der Waals surface area contributed by atoms with Crippen molar-refractivity contribution in [1.29, 1.82) is 0 Å². The third-order valence-electron chi connectivity index (χ3n) is 3.88. The molecule has 25 heavy (non-hydrogen) atoms. The summed E-state index contributed by atoms with van der Waals surface area (Å²) in [6.45, 7) is 0.208. The molecule has 2 amide bonds. The lowest BCUT2D eigenvalue weighted by molar-refractivity contribution is -0.145. The van der Waals surface area contributed by atoms with Crippen molar-refractivity contribution < 1.29 is 29.4 Å². The van der Waals surface area contributed by atoms with Crippen molar-refractivity contribution in [2.75, 3.05) is 6.54 Å². The Balaban J connectivity index is 1.47. The molecule has 0 spiro atoms. The minimum Gasteiger partial charge on any atom is -0.492 e. The molecule has 0 atom stereocenters. The predicted octanol–water partition coefficient (Wildman–Crippen LogP) is 1.32. The van der Waals surface area contributed by atoms with Crippen molar-refractivity contribution in [3.63, 3.8) is 0 Å². The van der Waals surface area contributed by atoms with Crippen LogP contribution in [0.3, 0.4) is 0 Å². The van der Waals surface area contributed by atoms with Crippen LogP contribution in [0, 0.1) is 0 Å². The summed E-state index contributed by atoms with van der Waals surface area (Å²) in [5.74, 6) is -2.09. The molecule has 1 aromatic heterocycles. The van der Waals surface area contributed by atoms with E-state index in [1.807, 2.05) is 0 Å². The van der Waals surface area contributed by atoms with Gasteiger partial charge in [0.2, 0.25) is 11.8 Å². The van der Waals surface area contributed by atoms with E-state index in [1.165, 1.54) is 17.0 Å². The van der Waals surface area contributed by atoms with Gasteiger partial charge in [-0.1, -0.05) is 12.1 Å². The molecule has 0 saturated heterocycles. The molecule has 0 radical (unpaired) electrons. The number of aromatic nitrogens is 1. The van der Waals surface area contributed by atoms with Crippen LogP contribution in [0.15, 0.2) is 36.4 Å². The Labute approximate surface area is 142 Å². The Bertz CT molecular complexity index is 787. The molecule has 8 heteroatoms. The van der Waals surface area contributed by atoms with E-state index in [4.69, 9.17) is 4.84 Å². The summed E-state index contributed by atoms with van der Waals surface area (Å²) in [5.41, 5.74) is 0.788. The molecule has 3 rings (SSSR count). The monoisotopic (exact) mass is 344 g/mol. The smallest absolute Gasteiger partial charge is 0.333 e. The van der Waals surface area contributed by atoms with Crippen molar-refractivity contribution in [2.24, 2.45) is 0 Å². The first-order chi connectivity index (χ1) is 12.0. The Morgan fingerprint density at radius 1 is 0.920 bits per heavy atom. The van der Waals surface area contributed by atoms with Gasteiger partial charge in [0.25, 0.3) is 11.8 Å². The molecule has 130 valence electrons. The summed E-state index contributed by atoms with van der Waals surface area (Å²) in [6, 6.07) is 9.01. The Morgan fingerprint density at radius 3 is 2.04 bits per heavy atom. The maximum Gasteiger partial charge on any atom is 0.333 e. The first-order valence-corrected chi connectivity index (χ1v) is 7.75. The molecule has 8 nitrogen and oxygen atoms in total. The number of amides is 2. The molecule has 0 bridgehead atoms. The van der Waals surface area contributed by atoms with Crippen molar-refractivity contribution in [3.05, 3.63) is 47.5 Å². The number of benzene rings is 1. The zero-order valence-corrected chi connectivity index (χ0v) is 13.2. The highest BCUT2D eigenvalue weighted by molar-refractivity contribution is 6.21. The second-order valence-corrected chi connectivity index (χ2v) is 5.57. The number of unbranched alkanes of at least 4 members (excludes halogenated alkanes) is 1. The van der Waals surface area contributed by atoms with Crippen LogP contribution in [0.2, 0.25) is 0 Å². The van der Waals surface area contributed by atoms with Crippen LogP contribution < -0.4 is 4.84 Å². The quantitative estimate of drug-likeness (QED) is 0.604. The van der Waals surface area contributed by atoms with Crippen LogP contribution in [0.5, 0.6) is 11.8 Å². The van der Waals surface area contributed by atoms with Crippen LogP contribution in [0.4, 0.5) is 0 Å². The molecule has 2 aromatic rings. The summed E-state index contributed by atoms with van der Waals surface area (Å²) in [6.07, 6.45) is 0.833. The van der Waals surface area contributed by atoms with Gasteiger partial charge in [0, 0.05) is 25.1 Å². The van der Waals surface area contributed by atoms with Crippen LogP contribution >= 0.6 is 0 Å². The molecule has 0 unspecified atom stereocenters. The zero-order valence-electron chi connectivity index (χ0n) is 13.2. The lowest BCUT2D eigenvalue weighted by atomic mass is 10.1. The Kier molecular flexibility index (Phi) is 4.42. The number of carbonyl (C=O) groups excluding carboxylic acids is 3. The molecule has 0 aliphatic carbocycles. The highest BCUT2D eigenvalue weighted by Crippen LogP contribution is 2.23. The third kappa shape index (κ3) is 3.18. The largest absolute Gasteiger partial charge is 0.492 e. The van der Waals surface area contributed by atoms with Gasteiger partial charge in [0.05, 0.1) is 11.1 Å². The normalized spacial score (nSPS) is 13.2. The highest BCUT2D eigenvalue weighted by atomic mass is 16.7. The fourth-order valence-electron chi connectivity index (χ4n) is 2.62. The molecular weight excluding hydrogens is 328 g/mol. The maximum atomic E-state index is 12.2. The lowest BCUT2D eigenvalue weighted by Gasteiger charge is -2.13. The Hall–Kier alpha value is -3.29. The van der Waals surface area contributed by atoms with Gasteiger partial charge in [0.1, 0.15) is 0 Å². The van der Waals surface area contributed by atoms with Crippen molar-refractivity contribution >= 4 is 17.8 Å². The summed E-state index contributed by atoms with van der Waals surface area (Å²) < 4.78 is 0.618. The zero-order chi connectivity index (χ0) is 18.0. The lowest BCUT2D eigenvalue weighted by Crippen LogP contribution is -2.30. The van der Waals surface area contributed by atoms with Gasteiger partial charge in [-0.05, 0) is 25.0 Å². The fourth-order valence-corrected chi connectivity index (χ4v) is 2.62. The van der Waals surface area contributed by atoms with Crippen LogP contribution in [-0.4, -0.2) is 44.2 Å². The summed E-state index contributed by atoms with van der Waals surface area (Å²) in [4.78, 5) is 42.0. The first-order valence-electron chi connectivity index (χ1n) is 7.75. The molecule has 1 aliphatic rings. The molecule has 0 saturated carbocycles. The average molecular weight is 344 g/mol. The van der Waals surface area contributed by atoms with Gasteiger partial charge in [-0.2, -0.15) is 0 Å². The maximum absolute atomic E-state index is 12.2. The number of rotatable bonds is 6. The number of aromatic hydroxyl groups is 2. The minimum atomic E-state index is -0.649. The van der Waals surface area contributed by atoms with E-state index >= 15 is 0 Å². The highest BCUT2D eigenvalue weighted by Gasteiger charge is 2.34. The van der Waals surface area contributed by atoms with Crippen molar-refractivity contribution in [3.8, 4) is 11.8 Å². The van der Waals surface area contributed by atoms with E-state index in [0.29, 0.717) is 28.7 Å². The van der Waals surface area contributed by atoms with Crippen LogP contribution in [0.25, 0.3) is 0 Å². The minimum absolute atomic E-state index is 0.0141. The van der Waals surface area contributed by atoms with Crippen molar-refractivity contribution in [1.82, 2.24) is 9.63 Å². The molecule has 0 fully saturated rings. The Morgan fingerprint density at radius 2 is 1.48 bits per heavy atom. The summed E-state index contributed by atoms with van der Waals surface area (Å²) >= 11 is 0. The number of imide groups is 1. The second-order valence-electron chi connectivity index (χ2n) is 5.57. The molecule has 1 aromatic carbocycles. The number of hydrogen-bond acceptors (Lipinski definition) is 6. The van der Waals surface area contributed by atoms with Crippen molar-refractivity contribution in [2.45, 2.75) is 19.3 Å². The number of carbonyl (C=O) groups is 3.